The van der Waals surface area contributed by atoms with Crippen LogP contribution in [0.1, 0.15) is 49.8 Å². The van der Waals surface area contributed by atoms with Gasteiger partial charge in [0.1, 0.15) is 18.3 Å². The fourth-order valence-corrected chi connectivity index (χ4v) is 3.86. The lowest BCUT2D eigenvalue weighted by Crippen LogP contribution is -2.36. The first-order valence-corrected chi connectivity index (χ1v) is 10.4. The lowest BCUT2D eigenvalue weighted by Gasteiger charge is -2.32. The molecule has 0 saturated carbocycles. The van der Waals surface area contributed by atoms with Crippen molar-refractivity contribution >= 4 is 5.82 Å². The predicted octanol–water partition coefficient (Wildman–Crippen LogP) is 1.27. The zero-order chi connectivity index (χ0) is 23.6. The van der Waals surface area contributed by atoms with Crippen molar-refractivity contribution in [1.82, 2.24) is 9.55 Å². The largest absolute Gasteiger partial charge is 0.394 e. The molecular formula is C22H31N3O7. The third-order valence-electron chi connectivity index (χ3n) is 5.59. The number of nitrogens with zero attached hydrogens (tertiary/aromatic N) is 2. The predicted molar refractivity (Wildman–Crippen MR) is 115 cm³/mol. The zero-order valence-electron chi connectivity index (χ0n) is 18.6. The van der Waals surface area contributed by atoms with E-state index in [1.54, 1.807) is 0 Å². The average Bonchev–Trinajstić information content (AvgIpc) is 3.03. The summed E-state index contributed by atoms with van der Waals surface area (Å²) in [5.41, 5.74) is 3.27. The molecule has 5 N–H and O–H groups in total. The minimum absolute atomic E-state index is 0.0127. The van der Waals surface area contributed by atoms with E-state index in [1.165, 1.54) is 6.20 Å². The summed E-state index contributed by atoms with van der Waals surface area (Å²) in [4.78, 5) is 16.3. The molecule has 0 bridgehead atoms. The molecule has 1 saturated heterocycles. The molecule has 3 rings (SSSR count). The standard InChI is InChI=1S/C22H31N3O7/c1-12-7-5-6-8-14(12)18(22(2,3)4)31-11-13-9-25(21(29)23-19(13)24-30)20-17(28)16(27)15(10-26)32-20/h5-9,15-18,20,26-28,30H,10-11H2,1-4H3,(H,23,24,29)/t15-,16-,17-,18?,20-/m1/s1. The topological polar surface area (TPSA) is 146 Å². The summed E-state index contributed by atoms with van der Waals surface area (Å²) in [5.74, 6) is -0.0876. The van der Waals surface area contributed by atoms with E-state index >= 15 is 0 Å². The minimum Gasteiger partial charge on any atom is -0.394 e. The van der Waals surface area contributed by atoms with Crippen LogP contribution >= 0.6 is 0 Å². The second kappa shape index (κ2) is 9.65. The van der Waals surface area contributed by atoms with Crippen LogP contribution in [0.3, 0.4) is 0 Å². The quantitative estimate of drug-likeness (QED) is 0.394. The monoisotopic (exact) mass is 449 g/mol. The number of hydrogen-bond donors (Lipinski definition) is 5. The van der Waals surface area contributed by atoms with Crippen LogP contribution in [-0.4, -0.2) is 55.0 Å². The Morgan fingerprint density at radius 3 is 2.50 bits per heavy atom. The Morgan fingerprint density at radius 2 is 1.94 bits per heavy atom. The van der Waals surface area contributed by atoms with Crippen LogP contribution in [0.15, 0.2) is 35.3 Å². The van der Waals surface area contributed by atoms with E-state index in [-0.39, 0.29) is 23.9 Å². The van der Waals surface area contributed by atoms with Gasteiger partial charge in [-0.25, -0.2) is 4.79 Å². The molecule has 1 fully saturated rings. The van der Waals surface area contributed by atoms with Gasteiger partial charge in [0.25, 0.3) is 0 Å². The number of hydrogen-bond acceptors (Lipinski definition) is 9. The Labute approximate surface area is 186 Å². The van der Waals surface area contributed by atoms with Crippen molar-refractivity contribution in [3.8, 4) is 0 Å². The summed E-state index contributed by atoms with van der Waals surface area (Å²) in [5, 5.41) is 39.1. The Hall–Kier alpha value is -2.34. The van der Waals surface area contributed by atoms with Crippen molar-refractivity contribution in [1.29, 1.82) is 0 Å². The van der Waals surface area contributed by atoms with E-state index in [9.17, 15) is 25.3 Å². The number of ether oxygens (including phenoxy) is 2. The molecule has 2 heterocycles. The Balaban J connectivity index is 1.93. The van der Waals surface area contributed by atoms with E-state index in [4.69, 9.17) is 9.47 Å². The molecule has 1 unspecified atom stereocenters. The highest BCUT2D eigenvalue weighted by atomic mass is 16.6. The lowest BCUT2D eigenvalue weighted by atomic mass is 9.83. The zero-order valence-corrected chi connectivity index (χ0v) is 18.6. The molecule has 2 aromatic rings. The van der Waals surface area contributed by atoms with Crippen LogP contribution in [0.2, 0.25) is 0 Å². The van der Waals surface area contributed by atoms with Crippen molar-refractivity contribution in [3.05, 3.63) is 57.6 Å². The van der Waals surface area contributed by atoms with Crippen LogP contribution in [0, 0.1) is 12.3 Å². The third-order valence-corrected chi connectivity index (χ3v) is 5.59. The number of aliphatic hydroxyl groups is 3. The Kier molecular flexibility index (Phi) is 7.33. The van der Waals surface area contributed by atoms with Gasteiger partial charge in [-0.1, -0.05) is 45.0 Å². The number of rotatable bonds is 7. The van der Waals surface area contributed by atoms with Crippen LogP contribution in [0.5, 0.6) is 0 Å². The maximum absolute atomic E-state index is 12.5. The molecule has 1 aromatic carbocycles. The SMILES string of the molecule is Cc1ccccc1C(OCc1cn([C@@H]2O[C@H](CO)[C@@H](O)[C@H]2O)c(=O)nc1NO)C(C)(C)C. The molecule has 0 amide bonds. The van der Waals surface area contributed by atoms with Gasteiger partial charge in [-0.05, 0) is 23.5 Å². The maximum Gasteiger partial charge on any atom is 0.351 e. The Morgan fingerprint density at radius 1 is 1.25 bits per heavy atom. The van der Waals surface area contributed by atoms with Crippen LogP contribution < -0.4 is 11.2 Å². The van der Waals surface area contributed by atoms with Gasteiger partial charge in [0.15, 0.2) is 12.0 Å². The maximum atomic E-state index is 12.5. The highest BCUT2D eigenvalue weighted by molar-refractivity contribution is 5.39. The average molecular weight is 450 g/mol. The van der Waals surface area contributed by atoms with Gasteiger partial charge in [0.2, 0.25) is 0 Å². The summed E-state index contributed by atoms with van der Waals surface area (Å²) in [6.45, 7) is 7.62. The normalized spacial score (nSPS) is 24.5. The van der Waals surface area contributed by atoms with Gasteiger partial charge in [0.05, 0.1) is 19.3 Å². The molecule has 10 heteroatoms. The molecule has 1 aliphatic rings. The van der Waals surface area contributed by atoms with Crippen LogP contribution in [0.25, 0.3) is 0 Å². The fraction of sp³-hybridized carbons (Fsp3) is 0.545. The minimum atomic E-state index is -1.44. The smallest absolute Gasteiger partial charge is 0.351 e. The first-order chi connectivity index (χ1) is 15.1. The molecule has 32 heavy (non-hydrogen) atoms. The molecule has 0 spiro atoms. The number of aliphatic hydroxyl groups excluding tert-OH is 3. The first-order valence-electron chi connectivity index (χ1n) is 10.4. The van der Waals surface area contributed by atoms with Gasteiger partial charge in [-0.15, -0.1) is 0 Å². The summed E-state index contributed by atoms with van der Waals surface area (Å²) < 4.78 is 12.7. The number of anilines is 1. The highest BCUT2D eigenvalue weighted by Crippen LogP contribution is 2.38. The van der Waals surface area contributed by atoms with E-state index < -0.39 is 36.8 Å². The fourth-order valence-electron chi connectivity index (χ4n) is 3.86. The van der Waals surface area contributed by atoms with Gasteiger partial charge in [0, 0.05) is 11.8 Å². The van der Waals surface area contributed by atoms with E-state index in [0.717, 1.165) is 15.7 Å². The first kappa shape index (κ1) is 24.3. The number of aromatic nitrogens is 2. The van der Waals surface area contributed by atoms with Crippen molar-refractivity contribution < 1.29 is 30.0 Å². The van der Waals surface area contributed by atoms with Gasteiger partial charge in [-0.3, -0.25) is 15.3 Å². The molecule has 176 valence electrons. The summed E-state index contributed by atoms with van der Waals surface area (Å²) in [6.07, 6.45) is -4.04. The molecule has 1 aliphatic heterocycles. The van der Waals surface area contributed by atoms with Crippen LogP contribution in [-0.2, 0) is 16.1 Å². The van der Waals surface area contributed by atoms with Crippen molar-refractivity contribution in [2.45, 2.75) is 64.9 Å². The van der Waals surface area contributed by atoms with Crippen molar-refractivity contribution in [2.24, 2.45) is 5.41 Å². The van der Waals surface area contributed by atoms with E-state index in [1.807, 2.05) is 57.4 Å². The van der Waals surface area contributed by atoms with Crippen LogP contribution in [0.4, 0.5) is 5.82 Å². The molecule has 1 aromatic heterocycles. The van der Waals surface area contributed by atoms with E-state index in [0.29, 0.717) is 5.56 Å². The molecule has 5 atom stereocenters. The van der Waals surface area contributed by atoms with Gasteiger partial charge in [-0.2, -0.15) is 4.98 Å². The molecule has 0 aliphatic carbocycles. The van der Waals surface area contributed by atoms with Gasteiger partial charge >= 0.3 is 5.69 Å². The highest BCUT2D eigenvalue weighted by Gasteiger charge is 2.44. The number of aryl methyl sites for hydroxylation is 1. The number of nitrogens with one attached hydrogen (secondary N) is 1. The molecular weight excluding hydrogens is 418 g/mol. The summed E-state index contributed by atoms with van der Waals surface area (Å²) in [6, 6.07) is 7.89. The summed E-state index contributed by atoms with van der Waals surface area (Å²) in [7, 11) is 0. The van der Waals surface area contributed by atoms with Gasteiger partial charge < -0.3 is 24.8 Å². The second-order valence-electron chi connectivity index (χ2n) is 9.06. The third kappa shape index (κ3) is 4.85. The lowest BCUT2D eigenvalue weighted by molar-refractivity contribution is -0.0559. The molecule has 10 nitrogen and oxygen atoms in total. The molecule has 0 radical (unpaired) electrons. The Bertz CT molecular complexity index is 988. The number of benzene rings is 1. The summed E-state index contributed by atoms with van der Waals surface area (Å²) >= 11 is 0. The van der Waals surface area contributed by atoms with E-state index in [2.05, 4.69) is 4.98 Å². The van der Waals surface area contributed by atoms with Crippen molar-refractivity contribution in [3.63, 3.8) is 0 Å². The second-order valence-corrected chi connectivity index (χ2v) is 9.06. The van der Waals surface area contributed by atoms with Crippen molar-refractivity contribution in [2.75, 3.05) is 12.1 Å².